The van der Waals surface area contributed by atoms with E-state index in [0.29, 0.717) is 25.1 Å². The van der Waals surface area contributed by atoms with E-state index in [0.717, 1.165) is 11.3 Å². The molecule has 112 valence electrons. The van der Waals surface area contributed by atoms with E-state index in [9.17, 15) is 14.4 Å². The lowest BCUT2D eigenvalue weighted by Gasteiger charge is -2.17. The van der Waals surface area contributed by atoms with E-state index in [1.54, 1.807) is 17.0 Å². The van der Waals surface area contributed by atoms with Crippen LogP contribution < -0.4 is 10.6 Å². The molecule has 0 fully saturated rings. The molecule has 0 unspecified atom stereocenters. The fourth-order valence-electron chi connectivity index (χ4n) is 2.26. The predicted octanol–water partition coefficient (Wildman–Crippen LogP) is 0.882. The highest BCUT2D eigenvalue weighted by Gasteiger charge is 2.25. The number of amides is 2. The molecule has 7 heteroatoms. The maximum Gasteiger partial charge on any atom is 0.335 e. The van der Waals surface area contributed by atoms with Gasteiger partial charge in [-0.25, -0.2) is 4.79 Å². The summed E-state index contributed by atoms with van der Waals surface area (Å²) in [6, 6.07) is 4.81. The van der Waals surface area contributed by atoms with Crippen molar-refractivity contribution < 1.29 is 19.5 Å². The summed E-state index contributed by atoms with van der Waals surface area (Å²) in [4.78, 5) is 35.4. The van der Waals surface area contributed by atoms with Gasteiger partial charge in [0.15, 0.2) is 0 Å². The molecular weight excluding hydrogens is 292 g/mol. The van der Waals surface area contributed by atoms with Gasteiger partial charge in [0, 0.05) is 24.4 Å². The molecule has 0 saturated carbocycles. The molecule has 1 aromatic carbocycles. The van der Waals surface area contributed by atoms with Crippen LogP contribution in [0, 0.1) is 0 Å². The number of anilines is 1. The lowest BCUT2D eigenvalue weighted by atomic mass is 10.1. The summed E-state index contributed by atoms with van der Waals surface area (Å²) in [5.41, 5.74) is 6.93. The monoisotopic (exact) mass is 308 g/mol. The minimum atomic E-state index is -0.967. The molecule has 21 heavy (non-hydrogen) atoms. The van der Waals surface area contributed by atoms with Gasteiger partial charge in [-0.05, 0) is 30.2 Å². The van der Waals surface area contributed by atoms with Crippen molar-refractivity contribution in [3.63, 3.8) is 0 Å². The first-order valence-electron chi connectivity index (χ1n) is 6.51. The van der Waals surface area contributed by atoms with Crippen molar-refractivity contribution in [3.8, 4) is 0 Å². The summed E-state index contributed by atoms with van der Waals surface area (Å²) in [5.74, 6) is -0.619. The largest absolute Gasteiger partial charge is 0.478 e. The van der Waals surface area contributed by atoms with Gasteiger partial charge in [-0.2, -0.15) is 11.8 Å². The molecule has 0 saturated heterocycles. The number of nitrogens with two attached hydrogens (primary N) is 1. The van der Waals surface area contributed by atoms with Gasteiger partial charge < -0.3 is 15.7 Å². The molecule has 0 spiro atoms. The number of nitrogens with zero attached hydrogens (tertiary/aromatic N) is 1. The van der Waals surface area contributed by atoms with Crippen molar-refractivity contribution in [1.82, 2.24) is 0 Å². The van der Waals surface area contributed by atoms with E-state index in [4.69, 9.17) is 10.8 Å². The first kappa shape index (κ1) is 15.4. The third kappa shape index (κ3) is 3.75. The second-order valence-corrected chi connectivity index (χ2v) is 5.82. The van der Waals surface area contributed by atoms with Crippen LogP contribution in [0.15, 0.2) is 18.2 Å². The number of benzene rings is 1. The van der Waals surface area contributed by atoms with Crippen LogP contribution in [0.25, 0.3) is 0 Å². The first-order chi connectivity index (χ1) is 9.99. The third-order valence-electron chi connectivity index (χ3n) is 3.23. The molecule has 1 aliphatic heterocycles. The van der Waals surface area contributed by atoms with Crippen LogP contribution in [-0.4, -0.2) is 40.9 Å². The van der Waals surface area contributed by atoms with Crippen LogP contribution in [0.5, 0.6) is 0 Å². The zero-order chi connectivity index (χ0) is 15.4. The van der Waals surface area contributed by atoms with E-state index >= 15 is 0 Å². The summed E-state index contributed by atoms with van der Waals surface area (Å²) in [7, 11) is 0. The van der Waals surface area contributed by atoms with Gasteiger partial charge in [-0.1, -0.05) is 0 Å². The Morgan fingerprint density at radius 1 is 1.33 bits per heavy atom. The predicted molar refractivity (Wildman–Crippen MR) is 80.6 cm³/mol. The van der Waals surface area contributed by atoms with E-state index in [1.807, 2.05) is 0 Å². The van der Waals surface area contributed by atoms with Crippen molar-refractivity contribution in [3.05, 3.63) is 29.3 Å². The van der Waals surface area contributed by atoms with Crippen molar-refractivity contribution in [2.24, 2.45) is 5.73 Å². The SMILES string of the molecule is NC(=O)CSCCC(=O)N1CCc2cc(C(=O)O)ccc21. The molecule has 6 nitrogen and oxygen atoms in total. The third-order valence-corrected chi connectivity index (χ3v) is 4.21. The Labute approximate surface area is 126 Å². The van der Waals surface area contributed by atoms with Gasteiger partial charge in [0.1, 0.15) is 0 Å². The summed E-state index contributed by atoms with van der Waals surface area (Å²) < 4.78 is 0. The standard InChI is InChI=1S/C14H16N2O4S/c15-12(17)8-21-6-4-13(18)16-5-3-9-7-10(14(19)20)1-2-11(9)16/h1-2,7H,3-6,8H2,(H2,15,17)(H,19,20). The topological polar surface area (TPSA) is 101 Å². The Balaban J connectivity index is 1.97. The second kappa shape index (κ2) is 6.62. The normalized spacial score (nSPS) is 13.0. The van der Waals surface area contributed by atoms with Crippen molar-refractivity contribution in [2.75, 3.05) is 23.0 Å². The van der Waals surface area contributed by atoms with Gasteiger partial charge in [-0.3, -0.25) is 9.59 Å². The Morgan fingerprint density at radius 2 is 2.10 bits per heavy atom. The Kier molecular flexibility index (Phi) is 4.85. The van der Waals surface area contributed by atoms with E-state index in [1.165, 1.54) is 17.8 Å². The van der Waals surface area contributed by atoms with Gasteiger partial charge in [0.05, 0.1) is 11.3 Å². The zero-order valence-corrected chi connectivity index (χ0v) is 12.2. The van der Waals surface area contributed by atoms with Crippen LogP contribution in [0.1, 0.15) is 22.3 Å². The molecule has 0 aromatic heterocycles. The summed E-state index contributed by atoms with van der Waals surface area (Å²) in [6.07, 6.45) is 0.995. The molecule has 1 heterocycles. The lowest BCUT2D eigenvalue weighted by Crippen LogP contribution is -2.29. The van der Waals surface area contributed by atoms with Crippen molar-refractivity contribution >= 4 is 35.2 Å². The van der Waals surface area contributed by atoms with Crippen LogP contribution in [-0.2, 0) is 16.0 Å². The maximum absolute atomic E-state index is 12.2. The van der Waals surface area contributed by atoms with Crippen molar-refractivity contribution in [2.45, 2.75) is 12.8 Å². The first-order valence-corrected chi connectivity index (χ1v) is 7.67. The fraction of sp³-hybridized carbons (Fsp3) is 0.357. The molecular formula is C14H16N2O4S. The van der Waals surface area contributed by atoms with Gasteiger partial charge in [0.25, 0.3) is 0 Å². The van der Waals surface area contributed by atoms with Gasteiger partial charge in [-0.15, -0.1) is 0 Å². The highest BCUT2D eigenvalue weighted by atomic mass is 32.2. The van der Waals surface area contributed by atoms with Crippen LogP contribution in [0.3, 0.4) is 0 Å². The molecule has 2 amide bonds. The number of carboxylic acid groups (broad SMARTS) is 1. The molecule has 0 atom stereocenters. The minimum Gasteiger partial charge on any atom is -0.478 e. The van der Waals surface area contributed by atoms with Crippen LogP contribution in [0.2, 0.25) is 0 Å². The molecule has 0 aliphatic carbocycles. The molecule has 1 aliphatic rings. The smallest absolute Gasteiger partial charge is 0.335 e. The Morgan fingerprint density at radius 3 is 2.76 bits per heavy atom. The van der Waals surface area contributed by atoms with Crippen molar-refractivity contribution in [1.29, 1.82) is 0 Å². The number of thioether (sulfide) groups is 1. The average molecular weight is 308 g/mol. The number of hydrogen-bond donors (Lipinski definition) is 2. The summed E-state index contributed by atoms with van der Waals surface area (Å²) >= 11 is 1.34. The van der Waals surface area contributed by atoms with Crippen LogP contribution >= 0.6 is 11.8 Å². The Bertz CT molecular complexity index is 588. The summed E-state index contributed by atoms with van der Waals surface area (Å²) in [5, 5.41) is 8.96. The van der Waals surface area contributed by atoms with E-state index < -0.39 is 5.97 Å². The Hall–Kier alpha value is -2.02. The van der Waals surface area contributed by atoms with Crippen LogP contribution in [0.4, 0.5) is 5.69 Å². The number of hydrogen-bond acceptors (Lipinski definition) is 4. The molecule has 3 N–H and O–H groups in total. The van der Waals surface area contributed by atoms with Gasteiger partial charge in [0.2, 0.25) is 11.8 Å². The second-order valence-electron chi connectivity index (χ2n) is 4.71. The highest BCUT2D eigenvalue weighted by Crippen LogP contribution is 2.29. The molecule has 0 radical (unpaired) electrons. The number of rotatable bonds is 6. The number of aromatic carboxylic acids is 1. The number of primary amides is 1. The minimum absolute atomic E-state index is 0.0196. The number of carbonyl (C=O) groups is 3. The van der Waals surface area contributed by atoms with E-state index in [2.05, 4.69) is 0 Å². The van der Waals surface area contributed by atoms with E-state index in [-0.39, 0.29) is 23.1 Å². The number of carboxylic acids is 1. The fourth-order valence-corrected chi connectivity index (χ4v) is 2.93. The summed E-state index contributed by atoms with van der Waals surface area (Å²) in [6.45, 7) is 0.567. The lowest BCUT2D eigenvalue weighted by molar-refractivity contribution is -0.118. The zero-order valence-electron chi connectivity index (χ0n) is 11.4. The number of fused-ring (bicyclic) bond motifs is 1. The highest BCUT2D eigenvalue weighted by molar-refractivity contribution is 7.99. The molecule has 0 bridgehead atoms. The molecule has 2 rings (SSSR count). The van der Waals surface area contributed by atoms with Gasteiger partial charge >= 0.3 is 5.97 Å². The number of carbonyl (C=O) groups excluding carboxylic acids is 2. The maximum atomic E-state index is 12.2. The quantitative estimate of drug-likeness (QED) is 0.760. The molecule has 1 aromatic rings. The average Bonchev–Trinajstić information content (AvgIpc) is 2.86.